The van der Waals surface area contributed by atoms with Crippen molar-refractivity contribution < 1.29 is 4.79 Å². The summed E-state index contributed by atoms with van der Waals surface area (Å²) in [6, 6.07) is 10.4. The van der Waals surface area contributed by atoms with Crippen LogP contribution in [0.25, 0.3) is 0 Å². The third-order valence-corrected chi connectivity index (χ3v) is 5.27. The summed E-state index contributed by atoms with van der Waals surface area (Å²) < 4.78 is 0. The predicted octanol–water partition coefficient (Wildman–Crippen LogP) is 2.24. The lowest BCUT2D eigenvalue weighted by molar-refractivity contribution is -0.139. The topological polar surface area (TPSA) is 49.6 Å². The normalized spacial score (nSPS) is 29.5. The number of carbonyl (C=O) groups is 1. The Morgan fingerprint density at radius 3 is 2.45 bits per heavy atom. The van der Waals surface area contributed by atoms with E-state index >= 15 is 0 Å². The smallest absolute Gasteiger partial charge is 0.227 e. The van der Waals surface area contributed by atoms with Crippen LogP contribution in [0.5, 0.6) is 0 Å². The number of nitrogens with two attached hydrogens (primary N) is 1. The highest BCUT2D eigenvalue weighted by molar-refractivity contribution is 5.80. The lowest BCUT2D eigenvalue weighted by Crippen LogP contribution is -2.57. The zero-order valence-corrected chi connectivity index (χ0v) is 13.5. The Bertz CT molecular complexity index is 506. The summed E-state index contributed by atoms with van der Waals surface area (Å²) in [6.45, 7) is 5.48. The minimum Gasteiger partial charge on any atom is -0.368 e. The number of nitrogens with zero attached hydrogens (tertiary/aromatic N) is 2. The van der Waals surface area contributed by atoms with Crippen molar-refractivity contribution in [1.82, 2.24) is 4.90 Å². The average Bonchev–Trinajstić information content (AvgIpc) is 2.55. The maximum atomic E-state index is 12.8. The first-order valence-corrected chi connectivity index (χ1v) is 8.45. The van der Waals surface area contributed by atoms with Crippen LogP contribution in [0.1, 0.15) is 32.6 Å². The van der Waals surface area contributed by atoms with Gasteiger partial charge in [-0.1, -0.05) is 31.0 Å². The summed E-state index contributed by atoms with van der Waals surface area (Å²) in [7, 11) is 0. The fraction of sp³-hybridized carbons (Fsp3) is 0.611. The largest absolute Gasteiger partial charge is 0.368 e. The number of para-hydroxylation sites is 1. The number of hydrogen-bond acceptors (Lipinski definition) is 3. The van der Waals surface area contributed by atoms with Crippen molar-refractivity contribution in [2.45, 2.75) is 38.1 Å². The lowest BCUT2D eigenvalue weighted by Gasteiger charge is -2.42. The molecule has 2 N–H and O–H groups in total. The maximum Gasteiger partial charge on any atom is 0.227 e. The molecule has 2 aliphatic rings. The van der Waals surface area contributed by atoms with E-state index in [0.29, 0.717) is 0 Å². The van der Waals surface area contributed by atoms with E-state index in [4.69, 9.17) is 5.73 Å². The number of hydrogen-bond donors (Lipinski definition) is 1. The van der Waals surface area contributed by atoms with Crippen molar-refractivity contribution in [2.75, 3.05) is 31.1 Å². The van der Waals surface area contributed by atoms with Crippen molar-refractivity contribution in [1.29, 1.82) is 0 Å². The molecule has 1 heterocycles. The Kier molecular flexibility index (Phi) is 4.39. The quantitative estimate of drug-likeness (QED) is 0.911. The molecule has 4 nitrogen and oxygen atoms in total. The fourth-order valence-electron chi connectivity index (χ4n) is 3.81. The van der Waals surface area contributed by atoms with Crippen molar-refractivity contribution in [3.63, 3.8) is 0 Å². The van der Waals surface area contributed by atoms with E-state index in [9.17, 15) is 4.79 Å². The Morgan fingerprint density at radius 1 is 1.14 bits per heavy atom. The molecule has 0 spiro atoms. The summed E-state index contributed by atoms with van der Waals surface area (Å²) in [6.07, 6.45) is 4.20. The van der Waals surface area contributed by atoms with Crippen LogP contribution >= 0.6 is 0 Å². The van der Waals surface area contributed by atoms with Gasteiger partial charge in [-0.3, -0.25) is 4.79 Å². The van der Waals surface area contributed by atoms with Crippen LogP contribution in [0.3, 0.4) is 0 Å². The van der Waals surface area contributed by atoms with Gasteiger partial charge in [0.25, 0.3) is 0 Å². The van der Waals surface area contributed by atoms with Crippen molar-refractivity contribution in [2.24, 2.45) is 11.7 Å². The van der Waals surface area contributed by atoms with Crippen LogP contribution in [0.4, 0.5) is 5.69 Å². The third kappa shape index (κ3) is 3.12. The maximum absolute atomic E-state index is 12.8. The number of amides is 1. The van der Waals surface area contributed by atoms with Crippen LogP contribution < -0.4 is 10.6 Å². The van der Waals surface area contributed by atoms with Gasteiger partial charge in [0.2, 0.25) is 5.91 Å². The molecule has 4 heteroatoms. The molecule has 1 aliphatic heterocycles. The van der Waals surface area contributed by atoms with Gasteiger partial charge in [-0.25, -0.2) is 0 Å². The first kappa shape index (κ1) is 15.3. The van der Waals surface area contributed by atoms with Gasteiger partial charge < -0.3 is 15.5 Å². The molecule has 1 saturated carbocycles. The molecule has 0 aromatic heterocycles. The number of rotatable bonds is 2. The highest BCUT2D eigenvalue weighted by atomic mass is 16.2. The standard InChI is InChI=1S/C18H27N3O/c1-18(19)10-6-5-9-16(18)17(22)21-13-11-20(12-14-21)15-7-3-2-4-8-15/h2-4,7-8,16H,5-6,9-14,19H2,1H3. The van der Waals surface area contributed by atoms with Gasteiger partial charge in [-0.05, 0) is 31.9 Å². The summed E-state index contributed by atoms with van der Waals surface area (Å²) in [5, 5.41) is 0. The SMILES string of the molecule is CC1(N)CCCCC1C(=O)N1CCN(c2ccccc2)CC1. The molecule has 120 valence electrons. The highest BCUT2D eigenvalue weighted by Crippen LogP contribution is 2.33. The van der Waals surface area contributed by atoms with Crippen LogP contribution in [-0.2, 0) is 4.79 Å². The van der Waals surface area contributed by atoms with Gasteiger partial charge in [0.15, 0.2) is 0 Å². The molecule has 2 fully saturated rings. The summed E-state index contributed by atoms with van der Waals surface area (Å²) in [4.78, 5) is 17.2. The zero-order valence-electron chi connectivity index (χ0n) is 13.5. The summed E-state index contributed by atoms with van der Waals surface area (Å²) in [5.74, 6) is 0.280. The number of anilines is 1. The molecule has 0 bridgehead atoms. The molecule has 1 aromatic rings. The Morgan fingerprint density at radius 2 is 1.82 bits per heavy atom. The number of piperazine rings is 1. The third-order valence-electron chi connectivity index (χ3n) is 5.27. The first-order valence-electron chi connectivity index (χ1n) is 8.45. The van der Waals surface area contributed by atoms with Gasteiger partial charge in [0, 0.05) is 37.4 Å². The molecule has 2 unspecified atom stereocenters. The highest BCUT2D eigenvalue weighted by Gasteiger charge is 2.40. The van der Waals surface area contributed by atoms with Crippen LogP contribution in [0.15, 0.2) is 30.3 Å². The Balaban J connectivity index is 1.60. The van der Waals surface area contributed by atoms with Gasteiger partial charge in [0.05, 0.1) is 5.92 Å². The minimum absolute atomic E-state index is 0.00419. The number of carbonyl (C=O) groups excluding carboxylic acids is 1. The molecule has 1 aliphatic carbocycles. The van der Waals surface area contributed by atoms with E-state index in [2.05, 4.69) is 36.1 Å². The second-order valence-corrected chi connectivity index (χ2v) is 6.95. The van der Waals surface area contributed by atoms with Gasteiger partial charge in [-0.15, -0.1) is 0 Å². The molecular formula is C18H27N3O. The van der Waals surface area contributed by atoms with E-state index in [1.807, 2.05) is 11.0 Å². The monoisotopic (exact) mass is 301 g/mol. The molecule has 22 heavy (non-hydrogen) atoms. The molecule has 2 atom stereocenters. The van der Waals surface area contributed by atoms with E-state index in [0.717, 1.165) is 51.9 Å². The number of benzene rings is 1. The van der Waals surface area contributed by atoms with E-state index in [1.165, 1.54) is 5.69 Å². The molecule has 1 saturated heterocycles. The summed E-state index contributed by atoms with van der Waals surface area (Å²) >= 11 is 0. The first-order chi connectivity index (χ1) is 10.6. The minimum atomic E-state index is -0.327. The lowest BCUT2D eigenvalue weighted by atomic mass is 9.74. The van der Waals surface area contributed by atoms with E-state index in [-0.39, 0.29) is 17.4 Å². The molecule has 0 radical (unpaired) electrons. The van der Waals surface area contributed by atoms with E-state index in [1.54, 1.807) is 0 Å². The Labute approximate surface area is 133 Å². The fourth-order valence-corrected chi connectivity index (χ4v) is 3.81. The second-order valence-electron chi connectivity index (χ2n) is 6.95. The van der Waals surface area contributed by atoms with Crippen LogP contribution in [0.2, 0.25) is 0 Å². The van der Waals surface area contributed by atoms with Gasteiger partial charge >= 0.3 is 0 Å². The molecular weight excluding hydrogens is 274 g/mol. The van der Waals surface area contributed by atoms with Gasteiger partial charge in [-0.2, -0.15) is 0 Å². The second kappa shape index (κ2) is 6.29. The molecule has 3 rings (SSSR count). The van der Waals surface area contributed by atoms with Crippen LogP contribution in [0, 0.1) is 5.92 Å². The zero-order chi connectivity index (χ0) is 15.6. The Hall–Kier alpha value is -1.55. The molecule has 1 aromatic carbocycles. The predicted molar refractivity (Wildman–Crippen MR) is 89.8 cm³/mol. The van der Waals surface area contributed by atoms with Crippen molar-refractivity contribution in [3.05, 3.63) is 30.3 Å². The summed E-state index contributed by atoms with van der Waals surface area (Å²) in [5.41, 5.74) is 7.31. The van der Waals surface area contributed by atoms with Crippen molar-refractivity contribution in [3.8, 4) is 0 Å². The van der Waals surface area contributed by atoms with E-state index < -0.39 is 0 Å². The van der Waals surface area contributed by atoms with Crippen molar-refractivity contribution >= 4 is 11.6 Å². The van der Waals surface area contributed by atoms with Crippen LogP contribution in [-0.4, -0.2) is 42.5 Å². The average molecular weight is 301 g/mol. The van der Waals surface area contributed by atoms with Gasteiger partial charge in [0.1, 0.15) is 0 Å². The molecule has 1 amide bonds.